The maximum atomic E-state index is 12.9. The van der Waals surface area contributed by atoms with Gasteiger partial charge in [0, 0.05) is 37.9 Å². The van der Waals surface area contributed by atoms with Gasteiger partial charge in [-0.15, -0.1) is 0 Å². The van der Waals surface area contributed by atoms with Crippen molar-refractivity contribution in [3.8, 4) is 0 Å². The van der Waals surface area contributed by atoms with Crippen LogP contribution in [0.25, 0.3) is 0 Å². The van der Waals surface area contributed by atoms with Gasteiger partial charge in [0.2, 0.25) is 5.91 Å². The third kappa shape index (κ3) is 4.51. The summed E-state index contributed by atoms with van der Waals surface area (Å²) in [5.41, 5.74) is 0.583. The molecule has 1 aliphatic rings. The van der Waals surface area contributed by atoms with Crippen LogP contribution in [0.4, 0.5) is 10.2 Å². The number of amides is 1. The third-order valence-electron chi connectivity index (χ3n) is 4.46. The van der Waals surface area contributed by atoms with Crippen LogP contribution in [0.15, 0.2) is 42.9 Å². The van der Waals surface area contributed by atoms with E-state index < -0.39 is 6.10 Å². The molecule has 6 nitrogen and oxygen atoms in total. The van der Waals surface area contributed by atoms with E-state index in [9.17, 15) is 14.3 Å². The van der Waals surface area contributed by atoms with Gasteiger partial charge in [-0.25, -0.2) is 9.37 Å². The largest absolute Gasteiger partial charge is 0.387 e. The summed E-state index contributed by atoms with van der Waals surface area (Å²) < 4.78 is 12.9. The number of rotatable bonds is 5. The molecule has 3 rings (SSSR count). The van der Waals surface area contributed by atoms with Crippen molar-refractivity contribution in [1.29, 1.82) is 0 Å². The number of anilines is 1. The number of nitrogens with one attached hydrogen (secondary N) is 1. The van der Waals surface area contributed by atoms with Gasteiger partial charge in [-0.1, -0.05) is 12.1 Å². The molecular weight excluding hydrogens is 323 g/mol. The van der Waals surface area contributed by atoms with Crippen molar-refractivity contribution in [2.24, 2.45) is 5.92 Å². The minimum absolute atomic E-state index is 0.0556. The van der Waals surface area contributed by atoms with Crippen LogP contribution in [0.5, 0.6) is 0 Å². The van der Waals surface area contributed by atoms with Crippen molar-refractivity contribution in [2.45, 2.75) is 18.9 Å². The highest BCUT2D eigenvalue weighted by Gasteiger charge is 2.26. The molecule has 0 spiro atoms. The Balaban J connectivity index is 1.45. The topological polar surface area (TPSA) is 78.4 Å². The van der Waals surface area contributed by atoms with Crippen molar-refractivity contribution >= 4 is 11.7 Å². The molecule has 0 saturated carbocycles. The monoisotopic (exact) mass is 344 g/mol. The van der Waals surface area contributed by atoms with Gasteiger partial charge < -0.3 is 15.3 Å². The van der Waals surface area contributed by atoms with Crippen LogP contribution in [-0.4, -0.2) is 40.6 Å². The first-order chi connectivity index (χ1) is 12.1. The second kappa shape index (κ2) is 8.02. The maximum absolute atomic E-state index is 12.9. The summed E-state index contributed by atoms with van der Waals surface area (Å²) in [5, 5.41) is 12.9. The van der Waals surface area contributed by atoms with Crippen LogP contribution in [0.3, 0.4) is 0 Å². The normalized spacial score (nSPS) is 16.5. The zero-order valence-corrected chi connectivity index (χ0v) is 13.8. The molecule has 1 atom stereocenters. The van der Waals surface area contributed by atoms with Gasteiger partial charge in [-0.2, -0.15) is 0 Å². The standard InChI is InChI=1S/C18H21FN4O2/c19-15-3-1-13(2-4-15)16(24)11-22-18(25)14-5-9-23(10-6-14)17-12-20-7-8-21-17/h1-4,7-8,12,14,16,24H,5-6,9-11H2,(H,22,25). The first-order valence-electron chi connectivity index (χ1n) is 8.35. The van der Waals surface area contributed by atoms with Gasteiger partial charge in [0.25, 0.3) is 0 Å². The summed E-state index contributed by atoms with van der Waals surface area (Å²) in [7, 11) is 0. The lowest BCUT2D eigenvalue weighted by atomic mass is 9.96. The molecule has 1 unspecified atom stereocenters. The third-order valence-corrected chi connectivity index (χ3v) is 4.46. The fourth-order valence-corrected chi connectivity index (χ4v) is 2.97. The summed E-state index contributed by atoms with van der Waals surface area (Å²) in [5.74, 6) is 0.344. The highest BCUT2D eigenvalue weighted by molar-refractivity contribution is 5.79. The van der Waals surface area contributed by atoms with E-state index in [1.807, 2.05) is 0 Å². The molecule has 2 aromatic rings. The molecule has 132 valence electrons. The Hall–Kier alpha value is -2.54. The molecule has 0 bridgehead atoms. The van der Waals surface area contributed by atoms with Crippen molar-refractivity contribution in [3.05, 3.63) is 54.2 Å². The molecule has 0 radical (unpaired) electrons. The van der Waals surface area contributed by atoms with E-state index in [-0.39, 0.29) is 24.2 Å². The second-order valence-electron chi connectivity index (χ2n) is 6.14. The lowest BCUT2D eigenvalue weighted by Gasteiger charge is -2.32. The Morgan fingerprint density at radius 3 is 2.64 bits per heavy atom. The van der Waals surface area contributed by atoms with E-state index >= 15 is 0 Å². The van der Waals surface area contributed by atoms with Gasteiger partial charge in [-0.3, -0.25) is 9.78 Å². The van der Waals surface area contributed by atoms with Crippen LogP contribution >= 0.6 is 0 Å². The minimum Gasteiger partial charge on any atom is -0.387 e. The van der Waals surface area contributed by atoms with Gasteiger partial charge in [0.05, 0.1) is 12.3 Å². The fraction of sp³-hybridized carbons (Fsp3) is 0.389. The van der Waals surface area contributed by atoms with E-state index in [1.54, 1.807) is 18.6 Å². The summed E-state index contributed by atoms with van der Waals surface area (Å²) in [6, 6.07) is 5.63. The summed E-state index contributed by atoms with van der Waals surface area (Å²) in [6.07, 6.45) is 5.63. The molecular formula is C18H21FN4O2. The molecule has 2 N–H and O–H groups in total. The summed E-state index contributed by atoms with van der Waals surface area (Å²) in [6.45, 7) is 1.61. The fourth-order valence-electron chi connectivity index (χ4n) is 2.97. The summed E-state index contributed by atoms with van der Waals surface area (Å²) in [4.78, 5) is 22.8. The molecule has 1 amide bonds. The van der Waals surface area contributed by atoms with E-state index in [0.717, 1.165) is 31.7 Å². The molecule has 25 heavy (non-hydrogen) atoms. The second-order valence-corrected chi connectivity index (χ2v) is 6.14. The molecule has 1 aromatic heterocycles. The Morgan fingerprint density at radius 1 is 1.28 bits per heavy atom. The number of hydrogen-bond donors (Lipinski definition) is 2. The highest BCUT2D eigenvalue weighted by Crippen LogP contribution is 2.21. The number of benzene rings is 1. The predicted octanol–water partition coefficient (Wildman–Crippen LogP) is 1.68. The van der Waals surface area contributed by atoms with Gasteiger partial charge >= 0.3 is 0 Å². The quantitative estimate of drug-likeness (QED) is 0.863. The van der Waals surface area contributed by atoms with Crippen LogP contribution in [0, 0.1) is 11.7 Å². The van der Waals surface area contributed by atoms with Gasteiger partial charge in [0.1, 0.15) is 11.6 Å². The number of nitrogens with zero attached hydrogens (tertiary/aromatic N) is 3. The molecule has 1 aromatic carbocycles. The molecule has 1 aliphatic heterocycles. The van der Waals surface area contributed by atoms with Crippen molar-refractivity contribution in [3.63, 3.8) is 0 Å². The Bertz CT molecular complexity index is 688. The smallest absolute Gasteiger partial charge is 0.223 e. The van der Waals surface area contributed by atoms with Gasteiger partial charge in [0.15, 0.2) is 0 Å². The maximum Gasteiger partial charge on any atom is 0.223 e. The summed E-state index contributed by atoms with van der Waals surface area (Å²) >= 11 is 0. The zero-order valence-electron chi connectivity index (χ0n) is 13.8. The first-order valence-corrected chi connectivity index (χ1v) is 8.35. The number of halogens is 1. The van der Waals surface area contributed by atoms with Crippen LogP contribution in [-0.2, 0) is 4.79 Å². The number of carbonyl (C=O) groups excluding carboxylic acids is 1. The van der Waals surface area contributed by atoms with Crippen LogP contribution in [0.2, 0.25) is 0 Å². The Labute approximate surface area is 145 Å². The van der Waals surface area contributed by atoms with Crippen molar-refractivity contribution in [1.82, 2.24) is 15.3 Å². The van der Waals surface area contributed by atoms with Crippen molar-refractivity contribution < 1.29 is 14.3 Å². The Morgan fingerprint density at radius 2 is 2.00 bits per heavy atom. The molecule has 2 heterocycles. The lowest BCUT2D eigenvalue weighted by Crippen LogP contribution is -2.41. The average molecular weight is 344 g/mol. The minimum atomic E-state index is -0.843. The van der Waals surface area contributed by atoms with E-state index in [0.29, 0.717) is 5.56 Å². The van der Waals surface area contributed by atoms with E-state index in [1.165, 1.54) is 24.3 Å². The number of aliphatic hydroxyl groups excluding tert-OH is 1. The number of carbonyl (C=O) groups is 1. The zero-order chi connectivity index (χ0) is 17.6. The van der Waals surface area contributed by atoms with E-state index in [4.69, 9.17) is 0 Å². The molecule has 1 saturated heterocycles. The first kappa shape index (κ1) is 17.3. The average Bonchev–Trinajstić information content (AvgIpc) is 2.67. The number of piperidine rings is 1. The van der Waals surface area contributed by atoms with Crippen LogP contribution in [0.1, 0.15) is 24.5 Å². The molecule has 7 heteroatoms. The van der Waals surface area contributed by atoms with E-state index in [2.05, 4.69) is 20.2 Å². The SMILES string of the molecule is O=C(NCC(O)c1ccc(F)cc1)C1CCN(c2cnccn2)CC1. The van der Waals surface area contributed by atoms with Crippen LogP contribution < -0.4 is 10.2 Å². The molecule has 0 aliphatic carbocycles. The number of hydrogen-bond acceptors (Lipinski definition) is 5. The highest BCUT2D eigenvalue weighted by atomic mass is 19.1. The number of aromatic nitrogens is 2. The number of aliphatic hydroxyl groups is 1. The van der Waals surface area contributed by atoms with Gasteiger partial charge in [-0.05, 0) is 30.5 Å². The Kier molecular flexibility index (Phi) is 5.55. The van der Waals surface area contributed by atoms with Crippen molar-refractivity contribution in [2.75, 3.05) is 24.5 Å². The predicted molar refractivity (Wildman–Crippen MR) is 91.3 cm³/mol. The lowest BCUT2D eigenvalue weighted by molar-refractivity contribution is -0.126. The molecule has 1 fully saturated rings.